The minimum absolute atomic E-state index is 0.131. The van der Waals surface area contributed by atoms with Crippen LogP contribution in [0.2, 0.25) is 5.02 Å². The maximum Gasteiger partial charge on any atom is 0.223 e. The van der Waals surface area contributed by atoms with Crippen LogP contribution in [-0.2, 0) is 11.3 Å². The Bertz CT molecular complexity index is 764. The van der Waals surface area contributed by atoms with Gasteiger partial charge in [-0.05, 0) is 49.1 Å². The van der Waals surface area contributed by atoms with Crippen molar-refractivity contribution in [3.05, 3.63) is 52.9 Å². The maximum atomic E-state index is 13.0. The molecule has 1 amide bonds. The Labute approximate surface area is 163 Å². The lowest BCUT2D eigenvalue weighted by molar-refractivity contribution is -0.121. The Hall–Kier alpha value is -2.34. The number of piperidine rings is 1. The van der Waals surface area contributed by atoms with Crippen molar-refractivity contribution < 1.29 is 13.9 Å². The number of hydrogen-bond acceptors (Lipinski definition) is 4. The number of nitrogens with zero attached hydrogens (tertiary/aromatic N) is 2. The topological polar surface area (TPSA) is 54.5 Å². The molecule has 1 aliphatic heterocycles. The standard InChI is InChI=1S/C20H23ClFN3O2/c21-17-12-16(22)5-6-18(17)27-11-8-20(26)24-14-15-4-7-19(23-13-15)25-9-2-1-3-10-25/h4-7,12-13H,1-3,8-11,14H2,(H,24,26). The van der Waals surface area contributed by atoms with Gasteiger partial charge >= 0.3 is 0 Å². The highest BCUT2D eigenvalue weighted by Crippen LogP contribution is 2.24. The van der Waals surface area contributed by atoms with E-state index >= 15 is 0 Å². The van der Waals surface area contributed by atoms with Gasteiger partial charge in [0.15, 0.2) is 0 Å². The zero-order chi connectivity index (χ0) is 19.1. The van der Waals surface area contributed by atoms with Crippen LogP contribution < -0.4 is 15.0 Å². The van der Waals surface area contributed by atoms with E-state index in [1.807, 2.05) is 12.1 Å². The number of halogens is 2. The molecule has 1 saturated heterocycles. The molecule has 0 radical (unpaired) electrons. The molecule has 27 heavy (non-hydrogen) atoms. The van der Waals surface area contributed by atoms with Crippen molar-refractivity contribution in [1.82, 2.24) is 10.3 Å². The fourth-order valence-electron chi connectivity index (χ4n) is 2.97. The summed E-state index contributed by atoms with van der Waals surface area (Å²) < 4.78 is 18.4. The number of ether oxygens (including phenoxy) is 1. The first-order valence-corrected chi connectivity index (χ1v) is 9.54. The average molecular weight is 392 g/mol. The summed E-state index contributed by atoms with van der Waals surface area (Å²) in [5.74, 6) is 0.802. The summed E-state index contributed by atoms with van der Waals surface area (Å²) in [6.45, 7) is 2.70. The molecule has 3 rings (SSSR count). The second-order valence-electron chi connectivity index (χ2n) is 6.52. The SMILES string of the molecule is O=C(CCOc1ccc(F)cc1Cl)NCc1ccc(N2CCCCC2)nc1. The van der Waals surface area contributed by atoms with Crippen molar-refractivity contribution in [2.24, 2.45) is 0 Å². The first kappa shape index (κ1) is 19.4. The number of rotatable bonds is 7. The van der Waals surface area contributed by atoms with E-state index in [9.17, 15) is 9.18 Å². The number of amides is 1. The van der Waals surface area contributed by atoms with Crippen molar-refractivity contribution in [3.63, 3.8) is 0 Å². The Kier molecular flexibility index (Phi) is 6.87. The van der Waals surface area contributed by atoms with Crippen LogP contribution in [0.5, 0.6) is 5.75 Å². The number of carbonyl (C=O) groups excluding carboxylic acids is 1. The van der Waals surface area contributed by atoms with E-state index in [0.717, 1.165) is 24.5 Å². The van der Waals surface area contributed by atoms with Gasteiger partial charge in [-0.3, -0.25) is 4.79 Å². The Morgan fingerprint density at radius 2 is 2.04 bits per heavy atom. The minimum atomic E-state index is -0.426. The summed E-state index contributed by atoms with van der Waals surface area (Å²) in [5, 5.41) is 3.03. The lowest BCUT2D eigenvalue weighted by Gasteiger charge is -2.27. The van der Waals surface area contributed by atoms with Gasteiger partial charge in [0.25, 0.3) is 0 Å². The molecule has 1 N–H and O–H groups in total. The third-order valence-corrected chi connectivity index (χ3v) is 4.75. The summed E-state index contributed by atoms with van der Waals surface area (Å²) in [7, 11) is 0. The van der Waals surface area contributed by atoms with E-state index in [4.69, 9.17) is 16.3 Å². The molecule has 1 aromatic heterocycles. The molecule has 0 bridgehead atoms. The average Bonchev–Trinajstić information content (AvgIpc) is 2.69. The van der Waals surface area contributed by atoms with Crippen LogP contribution in [0.25, 0.3) is 0 Å². The minimum Gasteiger partial charge on any atom is -0.491 e. The Morgan fingerprint density at radius 1 is 1.22 bits per heavy atom. The highest BCUT2D eigenvalue weighted by Gasteiger charge is 2.12. The fraction of sp³-hybridized carbons (Fsp3) is 0.400. The van der Waals surface area contributed by atoms with Crippen molar-refractivity contribution >= 4 is 23.3 Å². The molecule has 1 aliphatic rings. The van der Waals surface area contributed by atoms with Crippen LogP contribution in [0.4, 0.5) is 10.2 Å². The zero-order valence-electron chi connectivity index (χ0n) is 15.1. The molecule has 1 aromatic carbocycles. The van der Waals surface area contributed by atoms with Gasteiger partial charge in [-0.2, -0.15) is 0 Å². The lowest BCUT2D eigenvalue weighted by Crippen LogP contribution is -2.30. The number of carbonyl (C=O) groups is 1. The van der Waals surface area contributed by atoms with Crippen LogP contribution in [0.3, 0.4) is 0 Å². The highest BCUT2D eigenvalue weighted by molar-refractivity contribution is 6.32. The molecule has 0 saturated carbocycles. The predicted octanol–water partition coefficient (Wildman–Crippen LogP) is 3.95. The summed E-state index contributed by atoms with van der Waals surface area (Å²) in [6, 6.07) is 7.89. The van der Waals surface area contributed by atoms with E-state index in [1.54, 1.807) is 6.20 Å². The molecule has 5 nitrogen and oxygen atoms in total. The van der Waals surface area contributed by atoms with Crippen LogP contribution in [-0.4, -0.2) is 30.6 Å². The van der Waals surface area contributed by atoms with Crippen LogP contribution in [0, 0.1) is 5.82 Å². The number of pyridine rings is 1. The van der Waals surface area contributed by atoms with Crippen molar-refractivity contribution in [2.45, 2.75) is 32.2 Å². The van der Waals surface area contributed by atoms with Crippen molar-refractivity contribution in [3.8, 4) is 5.75 Å². The van der Waals surface area contributed by atoms with E-state index in [0.29, 0.717) is 12.3 Å². The number of anilines is 1. The molecule has 1 fully saturated rings. The van der Waals surface area contributed by atoms with Gasteiger partial charge in [-0.15, -0.1) is 0 Å². The van der Waals surface area contributed by atoms with Crippen LogP contribution >= 0.6 is 11.6 Å². The molecule has 144 valence electrons. The summed E-state index contributed by atoms with van der Waals surface area (Å²) >= 11 is 5.88. The van der Waals surface area contributed by atoms with E-state index in [2.05, 4.69) is 15.2 Å². The summed E-state index contributed by atoms with van der Waals surface area (Å²) in [6.07, 6.45) is 5.71. The fourth-order valence-corrected chi connectivity index (χ4v) is 3.19. The second-order valence-corrected chi connectivity index (χ2v) is 6.93. The van der Waals surface area contributed by atoms with Crippen molar-refractivity contribution in [1.29, 1.82) is 0 Å². The van der Waals surface area contributed by atoms with Gasteiger partial charge in [0.05, 0.1) is 18.1 Å². The quantitative estimate of drug-likeness (QED) is 0.776. The van der Waals surface area contributed by atoms with Gasteiger partial charge < -0.3 is 15.0 Å². The Balaban J connectivity index is 1.39. The predicted molar refractivity (Wildman–Crippen MR) is 104 cm³/mol. The second kappa shape index (κ2) is 9.55. The van der Waals surface area contributed by atoms with Gasteiger partial charge in [-0.1, -0.05) is 17.7 Å². The van der Waals surface area contributed by atoms with Crippen LogP contribution in [0.15, 0.2) is 36.5 Å². The third-order valence-electron chi connectivity index (χ3n) is 4.46. The van der Waals surface area contributed by atoms with Gasteiger partial charge in [0.2, 0.25) is 5.91 Å². The molecule has 7 heteroatoms. The molecule has 0 atom stereocenters. The van der Waals surface area contributed by atoms with Crippen LogP contribution in [0.1, 0.15) is 31.2 Å². The largest absolute Gasteiger partial charge is 0.491 e. The first-order valence-electron chi connectivity index (χ1n) is 9.16. The molecule has 2 heterocycles. The normalized spacial score (nSPS) is 14.1. The van der Waals surface area contributed by atoms with E-state index in [-0.39, 0.29) is 24.0 Å². The van der Waals surface area contributed by atoms with Gasteiger partial charge in [0.1, 0.15) is 17.4 Å². The molecule has 2 aromatic rings. The zero-order valence-corrected chi connectivity index (χ0v) is 15.8. The lowest BCUT2D eigenvalue weighted by atomic mass is 10.1. The third kappa shape index (κ3) is 5.82. The number of aromatic nitrogens is 1. The van der Waals surface area contributed by atoms with Gasteiger partial charge in [0, 0.05) is 25.8 Å². The molecular formula is C20H23ClFN3O2. The van der Waals surface area contributed by atoms with E-state index < -0.39 is 5.82 Å². The number of benzene rings is 1. The Morgan fingerprint density at radius 3 is 2.74 bits per heavy atom. The maximum absolute atomic E-state index is 13.0. The monoisotopic (exact) mass is 391 g/mol. The van der Waals surface area contributed by atoms with E-state index in [1.165, 1.54) is 37.5 Å². The molecule has 0 aliphatic carbocycles. The summed E-state index contributed by atoms with van der Waals surface area (Å²) in [5.41, 5.74) is 0.951. The molecule has 0 spiro atoms. The number of nitrogens with one attached hydrogen (secondary N) is 1. The van der Waals surface area contributed by atoms with Crippen molar-refractivity contribution in [2.75, 3.05) is 24.6 Å². The molecular weight excluding hydrogens is 369 g/mol. The molecule has 0 unspecified atom stereocenters. The smallest absolute Gasteiger partial charge is 0.223 e. The van der Waals surface area contributed by atoms with Gasteiger partial charge in [-0.25, -0.2) is 9.37 Å². The highest BCUT2D eigenvalue weighted by atomic mass is 35.5. The first-order chi connectivity index (χ1) is 13.1. The summed E-state index contributed by atoms with van der Waals surface area (Å²) in [4.78, 5) is 18.7. The number of hydrogen-bond donors (Lipinski definition) is 1.